The van der Waals surface area contributed by atoms with Crippen LogP contribution in [0.1, 0.15) is 75.7 Å². The molecule has 1 aliphatic heterocycles. The van der Waals surface area contributed by atoms with Crippen molar-refractivity contribution in [1.29, 1.82) is 0 Å². The van der Waals surface area contributed by atoms with Gasteiger partial charge in [-0.2, -0.15) is 0 Å². The molecule has 0 aromatic heterocycles. The monoisotopic (exact) mass is 566 g/mol. The summed E-state index contributed by atoms with van der Waals surface area (Å²) in [5, 5.41) is 20.8. The molecule has 0 aliphatic carbocycles. The molecule has 0 spiro atoms. The number of rotatable bonds is 17. The second kappa shape index (κ2) is 16.1. The Hall–Kier alpha value is -3.43. The minimum Gasteiger partial charge on any atom is -0.426 e. The van der Waals surface area contributed by atoms with Crippen LogP contribution in [0.5, 0.6) is 5.75 Å². The van der Waals surface area contributed by atoms with Gasteiger partial charge in [0.15, 0.2) is 5.75 Å². The average molecular weight is 567 g/mol. The van der Waals surface area contributed by atoms with Crippen molar-refractivity contribution in [2.24, 2.45) is 5.92 Å². The van der Waals surface area contributed by atoms with E-state index < -0.39 is 18.1 Å². The number of ether oxygens (including phenoxy) is 1. The number of aliphatic hydroxyl groups excluding tert-OH is 1. The fourth-order valence-corrected chi connectivity index (χ4v) is 5.15. The smallest absolute Gasteiger partial charge is 0.298 e. The zero-order valence-electron chi connectivity index (χ0n) is 24.8. The first-order chi connectivity index (χ1) is 19.7. The quantitative estimate of drug-likeness (QED) is 0.211. The summed E-state index contributed by atoms with van der Waals surface area (Å²) in [6.45, 7) is 10.1. The summed E-state index contributed by atoms with van der Waals surface area (Å²) in [4.78, 5) is 39.4. The number of aliphatic hydroxyl groups is 1. The van der Waals surface area contributed by atoms with E-state index in [2.05, 4.69) is 36.7 Å². The molecular formula is C32H46N4O5. The molecule has 4 N–H and O–H groups in total. The van der Waals surface area contributed by atoms with Crippen LogP contribution in [-0.2, 0) is 16.0 Å². The Kier molecular flexibility index (Phi) is 12.6. The zero-order valence-corrected chi connectivity index (χ0v) is 24.8. The lowest BCUT2D eigenvalue weighted by Gasteiger charge is -2.27. The number of anilines is 2. The molecular weight excluding hydrogens is 520 g/mol. The minimum absolute atomic E-state index is 0.0196. The maximum atomic E-state index is 13.8. The summed E-state index contributed by atoms with van der Waals surface area (Å²) in [6.07, 6.45) is 3.97. The van der Waals surface area contributed by atoms with E-state index in [0.717, 1.165) is 31.2 Å². The molecule has 1 fully saturated rings. The van der Waals surface area contributed by atoms with Gasteiger partial charge in [0, 0.05) is 37.8 Å². The number of hydrogen-bond acceptors (Lipinski definition) is 7. The lowest BCUT2D eigenvalue weighted by Crippen LogP contribution is -2.50. The van der Waals surface area contributed by atoms with Crippen molar-refractivity contribution in [3.63, 3.8) is 0 Å². The van der Waals surface area contributed by atoms with Crippen LogP contribution in [0, 0.1) is 5.92 Å². The van der Waals surface area contributed by atoms with Crippen LogP contribution < -0.4 is 25.6 Å². The first-order valence-corrected chi connectivity index (χ1v) is 14.8. The van der Waals surface area contributed by atoms with Crippen LogP contribution in [0.3, 0.4) is 0 Å². The van der Waals surface area contributed by atoms with Crippen molar-refractivity contribution in [1.82, 2.24) is 10.6 Å². The van der Waals surface area contributed by atoms with Gasteiger partial charge in [0.1, 0.15) is 0 Å². The molecule has 9 nitrogen and oxygen atoms in total. The predicted octanol–water partition coefficient (Wildman–Crippen LogP) is 4.29. The summed E-state index contributed by atoms with van der Waals surface area (Å²) >= 11 is 0. The highest BCUT2D eigenvalue weighted by molar-refractivity contribution is 6.03. The van der Waals surface area contributed by atoms with E-state index in [1.165, 1.54) is 0 Å². The standard InChI is InChI=1S/C32H46N4O5/c1-5-33-28-19-25(36-16-10-15-30(36)39)18-26(31(28)41-21-37)32(40)35-27(17-24-13-7-6-8-14-24)29(38)20-34-23(4)12-9-11-22(2)3/h6-8,13-14,18-19,21-23,27,29,33-34,38H,5,9-12,15-17,20H2,1-4H3,(H,35,40)/t23?,27-,29+/m0/s1. The van der Waals surface area contributed by atoms with Gasteiger partial charge in [-0.15, -0.1) is 0 Å². The molecule has 2 amide bonds. The van der Waals surface area contributed by atoms with E-state index in [0.29, 0.717) is 49.8 Å². The van der Waals surface area contributed by atoms with E-state index in [-0.39, 0.29) is 29.7 Å². The normalized spacial score (nSPS) is 15.5. The van der Waals surface area contributed by atoms with Crippen molar-refractivity contribution in [3.05, 3.63) is 53.6 Å². The third-order valence-corrected chi connectivity index (χ3v) is 7.41. The Morgan fingerprint density at radius 1 is 1.15 bits per heavy atom. The fraction of sp³-hybridized carbons (Fsp3) is 0.531. The van der Waals surface area contributed by atoms with Gasteiger partial charge in [0.2, 0.25) is 5.91 Å². The lowest BCUT2D eigenvalue weighted by molar-refractivity contribution is -0.120. The Bertz CT molecular complexity index is 1140. The Morgan fingerprint density at radius 3 is 2.54 bits per heavy atom. The third kappa shape index (κ3) is 9.57. The summed E-state index contributed by atoms with van der Waals surface area (Å²) in [6, 6.07) is 12.6. The number of nitrogens with one attached hydrogen (secondary N) is 3. The second-order valence-corrected chi connectivity index (χ2v) is 11.2. The van der Waals surface area contributed by atoms with Gasteiger partial charge in [0.05, 0.1) is 23.4 Å². The molecule has 1 unspecified atom stereocenters. The first-order valence-electron chi connectivity index (χ1n) is 14.8. The molecule has 0 bridgehead atoms. The van der Waals surface area contributed by atoms with E-state index in [1.807, 2.05) is 37.3 Å². The van der Waals surface area contributed by atoms with Gasteiger partial charge >= 0.3 is 0 Å². The number of hydrogen-bond donors (Lipinski definition) is 4. The highest BCUT2D eigenvalue weighted by Crippen LogP contribution is 2.36. The van der Waals surface area contributed by atoms with Gasteiger partial charge in [-0.1, -0.05) is 57.0 Å². The summed E-state index contributed by atoms with van der Waals surface area (Å²) in [7, 11) is 0. The highest BCUT2D eigenvalue weighted by Gasteiger charge is 2.29. The van der Waals surface area contributed by atoms with Crippen LogP contribution in [0.15, 0.2) is 42.5 Å². The van der Waals surface area contributed by atoms with Crippen LogP contribution in [0.4, 0.5) is 11.4 Å². The maximum absolute atomic E-state index is 13.8. The molecule has 3 rings (SSSR count). The van der Waals surface area contributed by atoms with Crippen molar-refractivity contribution < 1.29 is 24.2 Å². The molecule has 41 heavy (non-hydrogen) atoms. The van der Waals surface area contributed by atoms with Crippen molar-refractivity contribution in [2.45, 2.75) is 84.4 Å². The van der Waals surface area contributed by atoms with Crippen molar-refractivity contribution >= 4 is 29.7 Å². The maximum Gasteiger partial charge on any atom is 0.298 e. The van der Waals surface area contributed by atoms with E-state index in [4.69, 9.17) is 4.74 Å². The van der Waals surface area contributed by atoms with Gasteiger partial charge in [0.25, 0.3) is 12.4 Å². The Labute approximate surface area is 244 Å². The average Bonchev–Trinajstić information content (AvgIpc) is 3.38. The molecule has 0 saturated carbocycles. The second-order valence-electron chi connectivity index (χ2n) is 11.2. The Balaban J connectivity index is 1.86. The molecule has 9 heteroatoms. The molecule has 3 atom stereocenters. The number of amides is 2. The molecule has 0 radical (unpaired) electrons. The van der Waals surface area contributed by atoms with Gasteiger partial charge in [-0.05, 0) is 56.7 Å². The van der Waals surface area contributed by atoms with Crippen LogP contribution in [0.2, 0.25) is 0 Å². The largest absolute Gasteiger partial charge is 0.426 e. The van der Waals surface area contributed by atoms with E-state index >= 15 is 0 Å². The minimum atomic E-state index is -0.876. The third-order valence-electron chi connectivity index (χ3n) is 7.41. The van der Waals surface area contributed by atoms with Crippen LogP contribution in [-0.4, -0.2) is 61.2 Å². The summed E-state index contributed by atoms with van der Waals surface area (Å²) < 4.78 is 5.30. The molecule has 1 aliphatic rings. The molecule has 2 aromatic rings. The molecule has 224 valence electrons. The topological polar surface area (TPSA) is 120 Å². The van der Waals surface area contributed by atoms with Crippen LogP contribution in [0.25, 0.3) is 0 Å². The van der Waals surface area contributed by atoms with Crippen molar-refractivity contribution in [3.8, 4) is 5.75 Å². The van der Waals surface area contributed by atoms with Gasteiger partial charge < -0.3 is 30.7 Å². The SMILES string of the molecule is CCNc1cc(N2CCCC2=O)cc(C(=O)N[C@@H](Cc2ccccc2)[C@H](O)CNC(C)CCCC(C)C)c1OC=O. The fourth-order valence-electron chi connectivity index (χ4n) is 5.15. The lowest BCUT2D eigenvalue weighted by atomic mass is 9.99. The van der Waals surface area contributed by atoms with Crippen LogP contribution >= 0.6 is 0 Å². The number of carbonyl (C=O) groups excluding carboxylic acids is 3. The van der Waals surface area contributed by atoms with Gasteiger partial charge in [-0.25, -0.2) is 0 Å². The summed E-state index contributed by atoms with van der Waals surface area (Å²) in [5.74, 6) is 0.217. The summed E-state index contributed by atoms with van der Waals surface area (Å²) in [5.41, 5.74) is 2.09. The van der Waals surface area contributed by atoms with Gasteiger partial charge in [-0.3, -0.25) is 14.4 Å². The molecule has 1 heterocycles. The molecule has 2 aromatic carbocycles. The number of benzene rings is 2. The predicted molar refractivity (Wildman–Crippen MR) is 162 cm³/mol. The van der Waals surface area contributed by atoms with E-state index in [1.54, 1.807) is 17.0 Å². The highest BCUT2D eigenvalue weighted by atomic mass is 16.5. The number of nitrogens with zero attached hydrogens (tertiary/aromatic N) is 1. The molecule has 1 saturated heterocycles. The Morgan fingerprint density at radius 2 is 1.90 bits per heavy atom. The number of carbonyl (C=O) groups is 3. The van der Waals surface area contributed by atoms with E-state index in [9.17, 15) is 19.5 Å². The zero-order chi connectivity index (χ0) is 29.8. The van der Waals surface area contributed by atoms with Crippen molar-refractivity contribution in [2.75, 3.05) is 29.9 Å². The first kappa shape index (κ1) is 32.1.